The zero-order valence-corrected chi connectivity index (χ0v) is 12.8. The number of rotatable bonds is 5. The Labute approximate surface area is 118 Å². The van der Waals surface area contributed by atoms with Crippen molar-refractivity contribution in [1.82, 2.24) is 0 Å². The van der Waals surface area contributed by atoms with Crippen LogP contribution in [-0.4, -0.2) is 38.8 Å². The van der Waals surface area contributed by atoms with Gasteiger partial charge in [0.2, 0.25) is 0 Å². The predicted octanol–water partition coefficient (Wildman–Crippen LogP) is 0.171. The molecule has 0 aromatic carbocycles. The van der Waals surface area contributed by atoms with Crippen LogP contribution in [0.25, 0.3) is 0 Å². The molecular weight excluding hydrogens is 232 g/mol. The largest absolute Gasteiger partial charge is 0.325 e. The number of hydrogen-bond donors (Lipinski definition) is 2. The maximum absolute atomic E-state index is 2.52. The Balaban J connectivity index is 1.44. The zero-order chi connectivity index (χ0) is 13.2. The van der Waals surface area contributed by atoms with E-state index in [-0.39, 0.29) is 0 Å². The minimum atomic E-state index is 0.923. The molecule has 2 N–H and O–H groups in total. The number of quaternary nitrogens is 2. The molecule has 19 heavy (non-hydrogen) atoms. The number of nitrogens with one attached hydrogen (secondary N) is 2. The lowest BCUT2D eigenvalue weighted by Crippen LogP contribution is -3.29. The number of hydrogen-bond acceptors (Lipinski definition) is 0. The smallest absolute Gasteiger partial charge is 0.127 e. The van der Waals surface area contributed by atoms with Crippen LogP contribution in [0.3, 0.4) is 0 Å². The maximum Gasteiger partial charge on any atom is 0.127 e. The molecule has 1 aliphatic heterocycles. The van der Waals surface area contributed by atoms with Gasteiger partial charge >= 0.3 is 0 Å². The molecule has 1 saturated carbocycles. The molecule has 0 amide bonds. The molecule has 2 aliphatic carbocycles. The van der Waals surface area contributed by atoms with Gasteiger partial charge in [-0.05, 0) is 37.5 Å². The highest BCUT2D eigenvalue weighted by Gasteiger charge is 2.38. The second-order valence-electron chi connectivity index (χ2n) is 7.17. The second-order valence-corrected chi connectivity index (χ2v) is 7.17. The molecule has 1 heterocycles. The molecule has 2 bridgehead atoms. The fraction of sp³-hybridized carbons (Fsp3) is 0.882. The van der Waals surface area contributed by atoms with Crippen LogP contribution < -0.4 is 9.80 Å². The normalized spacial score (nSPS) is 41.3. The maximum atomic E-state index is 2.52. The Morgan fingerprint density at radius 1 is 1.00 bits per heavy atom. The van der Waals surface area contributed by atoms with Gasteiger partial charge < -0.3 is 9.80 Å². The summed E-state index contributed by atoms with van der Waals surface area (Å²) in [7, 11) is 0. The Morgan fingerprint density at radius 3 is 2.26 bits per heavy atom. The van der Waals surface area contributed by atoms with Crippen LogP contribution in [0.15, 0.2) is 12.2 Å². The first-order valence-electron chi connectivity index (χ1n) is 8.66. The van der Waals surface area contributed by atoms with Gasteiger partial charge in [-0.3, -0.25) is 0 Å². The van der Waals surface area contributed by atoms with E-state index in [1.165, 1.54) is 58.4 Å². The number of piperazine rings is 1. The van der Waals surface area contributed by atoms with Crippen molar-refractivity contribution >= 4 is 0 Å². The summed E-state index contributed by atoms with van der Waals surface area (Å²) in [6.45, 7) is 11.9. The van der Waals surface area contributed by atoms with Crippen molar-refractivity contribution < 1.29 is 9.80 Å². The lowest BCUT2D eigenvalue weighted by Gasteiger charge is -2.35. The zero-order valence-electron chi connectivity index (χ0n) is 12.8. The van der Waals surface area contributed by atoms with Crippen molar-refractivity contribution in [2.45, 2.75) is 45.6 Å². The van der Waals surface area contributed by atoms with Crippen LogP contribution in [0.1, 0.15) is 39.5 Å². The number of allylic oxidation sites excluding steroid dienone is 2. The summed E-state index contributed by atoms with van der Waals surface area (Å²) >= 11 is 0. The van der Waals surface area contributed by atoms with E-state index >= 15 is 0 Å². The van der Waals surface area contributed by atoms with E-state index in [0.29, 0.717) is 0 Å². The van der Waals surface area contributed by atoms with Crippen LogP contribution >= 0.6 is 0 Å². The first-order chi connectivity index (χ1) is 9.30. The van der Waals surface area contributed by atoms with Crippen molar-refractivity contribution in [2.75, 3.05) is 32.7 Å². The molecule has 1 saturated heterocycles. The summed E-state index contributed by atoms with van der Waals surface area (Å²) in [5, 5.41) is 0. The van der Waals surface area contributed by atoms with Crippen LogP contribution in [0.4, 0.5) is 0 Å². The van der Waals surface area contributed by atoms with Crippen molar-refractivity contribution in [3.8, 4) is 0 Å². The molecule has 0 radical (unpaired) electrons. The highest BCUT2D eigenvalue weighted by molar-refractivity contribution is 5.09. The average Bonchev–Trinajstić information content (AvgIpc) is 3.04. The van der Waals surface area contributed by atoms with Crippen LogP contribution in [0, 0.1) is 17.8 Å². The summed E-state index contributed by atoms with van der Waals surface area (Å²) in [5.74, 6) is 2.91. The molecule has 3 atom stereocenters. The Kier molecular flexibility index (Phi) is 4.28. The van der Waals surface area contributed by atoms with Crippen LogP contribution in [0.5, 0.6) is 0 Å². The average molecular weight is 264 g/mol. The summed E-state index contributed by atoms with van der Waals surface area (Å²) in [6, 6.07) is 0.923. The highest BCUT2D eigenvalue weighted by Crippen LogP contribution is 2.42. The molecule has 2 fully saturated rings. The van der Waals surface area contributed by atoms with Gasteiger partial charge in [-0.2, -0.15) is 0 Å². The quantitative estimate of drug-likeness (QED) is 0.655. The lowest BCUT2D eigenvalue weighted by molar-refractivity contribution is -1.02. The third kappa shape index (κ3) is 2.90. The van der Waals surface area contributed by atoms with Crippen molar-refractivity contribution in [3.05, 3.63) is 12.2 Å². The van der Waals surface area contributed by atoms with Gasteiger partial charge in [0.15, 0.2) is 0 Å². The van der Waals surface area contributed by atoms with E-state index in [0.717, 1.165) is 23.8 Å². The molecule has 2 nitrogen and oxygen atoms in total. The standard InChI is InChI=1S/C17H30N2/c1-3-17(4-2)19-9-7-18(8-10-19)13-16-12-14-5-6-15(16)11-14/h5-6,14-17H,3-4,7-13H2,1-2H3/p+2/t14-,15+,16+/m0/s1. The monoisotopic (exact) mass is 264 g/mol. The lowest BCUT2D eigenvalue weighted by atomic mass is 9.93. The van der Waals surface area contributed by atoms with E-state index in [2.05, 4.69) is 26.0 Å². The second kappa shape index (κ2) is 5.97. The van der Waals surface area contributed by atoms with Crippen molar-refractivity contribution in [2.24, 2.45) is 17.8 Å². The van der Waals surface area contributed by atoms with Crippen molar-refractivity contribution in [1.29, 1.82) is 0 Å². The molecule has 0 unspecified atom stereocenters. The van der Waals surface area contributed by atoms with Crippen LogP contribution in [-0.2, 0) is 0 Å². The van der Waals surface area contributed by atoms with Gasteiger partial charge in [-0.25, -0.2) is 0 Å². The van der Waals surface area contributed by atoms with Crippen molar-refractivity contribution in [3.63, 3.8) is 0 Å². The molecule has 108 valence electrons. The Morgan fingerprint density at radius 2 is 1.74 bits per heavy atom. The SMILES string of the molecule is CCC(CC)[NH+]1CC[NH+](C[C@H]2C[C@H]3C=C[C@@H]2C3)CC1. The molecule has 0 spiro atoms. The highest BCUT2D eigenvalue weighted by atomic mass is 15.3. The van der Waals surface area contributed by atoms with E-state index in [9.17, 15) is 0 Å². The van der Waals surface area contributed by atoms with E-state index in [4.69, 9.17) is 0 Å². The molecule has 3 rings (SSSR count). The van der Waals surface area contributed by atoms with E-state index < -0.39 is 0 Å². The minimum Gasteiger partial charge on any atom is -0.325 e. The summed E-state index contributed by atoms with van der Waals surface area (Å²) in [4.78, 5) is 3.79. The first kappa shape index (κ1) is 13.6. The molecule has 0 aromatic heterocycles. The van der Waals surface area contributed by atoms with Gasteiger partial charge in [0, 0.05) is 5.92 Å². The summed E-state index contributed by atoms with van der Waals surface area (Å²) in [6.07, 6.45) is 10.7. The predicted molar refractivity (Wildman–Crippen MR) is 79.5 cm³/mol. The van der Waals surface area contributed by atoms with Crippen LogP contribution in [0.2, 0.25) is 0 Å². The van der Waals surface area contributed by atoms with Gasteiger partial charge in [0.05, 0.1) is 12.6 Å². The number of fused-ring (bicyclic) bond motifs is 2. The molecule has 3 aliphatic rings. The van der Waals surface area contributed by atoms with Gasteiger partial charge in [-0.15, -0.1) is 0 Å². The molecule has 0 aromatic rings. The summed E-state index contributed by atoms with van der Waals surface area (Å²) < 4.78 is 0. The Bertz CT molecular complexity index is 313. The van der Waals surface area contributed by atoms with E-state index in [1.54, 1.807) is 0 Å². The fourth-order valence-corrected chi connectivity index (χ4v) is 4.90. The van der Waals surface area contributed by atoms with Gasteiger partial charge in [-0.1, -0.05) is 26.0 Å². The third-order valence-electron chi connectivity index (χ3n) is 6.13. The van der Waals surface area contributed by atoms with Gasteiger partial charge in [0.25, 0.3) is 0 Å². The minimum absolute atomic E-state index is 0.923. The molecule has 2 heteroatoms. The summed E-state index contributed by atoms with van der Waals surface area (Å²) in [5.41, 5.74) is 0. The van der Waals surface area contributed by atoms with E-state index in [1.807, 2.05) is 9.80 Å². The third-order valence-corrected chi connectivity index (χ3v) is 6.13. The Hall–Kier alpha value is -0.340. The fourth-order valence-electron chi connectivity index (χ4n) is 4.90. The molecular formula is C17H32N2+2. The van der Waals surface area contributed by atoms with Gasteiger partial charge in [0.1, 0.15) is 26.2 Å². The topological polar surface area (TPSA) is 8.88 Å². The first-order valence-corrected chi connectivity index (χ1v) is 8.66.